The van der Waals surface area contributed by atoms with E-state index in [2.05, 4.69) is 17.2 Å². The number of carbonyl (C=O) groups excluding carboxylic acids is 1. The van der Waals surface area contributed by atoms with E-state index in [1.165, 1.54) is 10.2 Å². The summed E-state index contributed by atoms with van der Waals surface area (Å²) in [5, 5.41) is 4.63. The van der Waals surface area contributed by atoms with Gasteiger partial charge in [-0.1, -0.05) is 72.8 Å². The fraction of sp³-hybridized carbons (Fsp3) is 0.138. The van der Waals surface area contributed by atoms with Gasteiger partial charge < -0.3 is 9.47 Å². The van der Waals surface area contributed by atoms with Gasteiger partial charge in [-0.15, -0.1) is 0 Å². The number of hydrogen-bond acceptors (Lipinski definition) is 3. The van der Waals surface area contributed by atoms with Crippen molar-refractivity contribution in [1.29, 1.82) is 0 Å². The molecule has 6 heteroatoms. The molecule has 6 rings (SSSR count). The number of para-hydroxylation sites is 1. The molecule has 0 atom stereocenters. The Morgan fingerprint density at radius 1 is 0.829 bits per heavy atom. The highest BCUT2D eigenvalue weighted by Crippen LogP contribution is 2.27. The molecule has 0 fully saturated rings. The summed E-state index contributed by atoms with van der Waals surface area (Å²) >= 11 is 0. The maximum Gasteiger partial charge on any atom is 0.282 e. The van der Waals surface area contributed by atoms with Crippen LogP contribution < -0.4 is 5.56 Å². The van der Waals surface area contributed by atoms with E-state index >= 15 is 0 Å². The average Bonchev–Trinajstić information content (AvgIpc) is 3.25. The molecule has 172 valence electrons. The summed E-state index contributed by atoms with van der Waals surface area (Å²) in [5.74, 6) is -0.107. The molecule has 0 spiro atoms. The second-order valence-electron chi connectivity index (χ2n) is 8.89. The predicted octanol–water partition coefficient (Wildman–Crippen LogP) is 4.39. The standard InChI is InChI=1S/C29H24N4O2/c34-28(32-16-15-22-11-7-8-12-23(22)18-32)25-19-31(17-21-9-3-1-4-10-21)20-26-27(25)30-33(29(26)35)24-13-5-2-6-14-24/h1-14,19-20H,15-18H2. The van der Waals surface area contributed by atoms with Crippen LogP contribution in [0.15, 0.2) is 102 Å². The summed E-state index contributed by atoms with van der Waals surface area (Å²) in [7, 11) is 0. The second kappa shape index (κ2) is 8.72. The van der Waals surface area contributed by atoms with Gasteiger partial charge in [0.2, 0.25) is 0 Å². The van der Waals surface area contributed by atoms with Gasteiger partial charge in [-0.2, -0.15) is 9.78 Å². The van der Waals surface area contributed by atoms with Crippen molar-refractivity contribution in [3.63, 3.8) is 0 Å². The lowest BCUT2D eigenvalue weighted by Crippen LogP contribution is -2.36. The molecule has 0 saturated heterocycles. The van der Waals surface area contributed by atoms with Crippen molar-refractivity contribution in [2.24, 2.45) is 0 Å². The fourth-order valence-electron chi connectivity index (χ4n) is 4.79. The first-order chi connectivity index (χ1) is 17.2. The zero-order chi connectivity index (χ0) is 23.8. The van der Waals surface area contributed by atoms with Crippen molar-refractivity contribution < 1.29 is 4.79 Å². The van der Waals surface area contributed by atoms with E-state index in [1.807, 2.05) is 88.5 Å². The van der Waals surface area contributed by atoms with Gasteiger partial charge in [0.15, 0.2) is 0 Å². The van der Waals surface area contributed by atoms with Gasteiger partial charge in [0.1, 0.15) is 5.69 Å². The third-order valence-corrected chi connectivity index (χ3v) is 6.58. The van der Waals surface area contributed by atoms with Crippen LogP contribution in [0.1, 0.15) is 27.0 Å². The Morgan fingerprint density at radius 2 is 1.51 bits per heavy atom. The first kappa shape index (κ1) is 21.1. The van der Waals surface area contributed by atoms with Crippen molar-refractivity contribution in [3.8, 4) is 16.9 Å². The van der Waals surface area contributed by atoms with Gasteiger partial charge in [-0.05, 0) is 35.2 Å². The Bertz CT molecular complexity index is 1540. The topological polar surface area (TPSA) is 60.1 Å². The smallest absolute Gasteiger partial charge is 0.282 e. The summed E-state index contributed by atoms with van der Waals surface area (Å²) in [5.41, 5.74) is 5.30. The minimum atomic E-state index is -0.230. The molecular weight excluding hydrogens is 436 g/mol. The third kappa shape index (κ3) is 3.93. The van der Waals surface area contributed by atoms with Gasteiger partial charge in [-0.3, -0.25) is 9.59 Å². The van der Waals surface area contributed by atoms with Crippen LogP contribution in [0.5, 0.6) is 0 Å². The lowest BCUT2D eigenvalue weighted by atomic mass is 9.99. The zero-order valence-electron chi connectivity index (χ0n) is 19.2. The minimum absolute atomic E-state index is 0.107. The Morgan fingerprint density at radius 3 is 2.29 bits per heavy atom. The second-order valence-corrected chi connectivity index (χ2v) is 8.89. The molecule has 0 N–H and O–H groups in total. The van der Waals surface area contributed by atoms with Crippen LogP contribution in [0.4, 0.5) is 0 Å². The summed E-state index contributed by atoms with van der Waals surface area (Å²) in [6.07, 6.45) is 4.45. The molecule has 0 bridgehead atoms. The predicted molar refractivity (Wildman–Crippen MR) is 135 cm³/mol. The summed E-state index contributed by atoms with van der Waals surface area (Å²) in [6.45, 7) is 1.73. The van der Waals surface area contributed by atoms with E-state index in [0.29, 0.717) is 42.1 Å². The van der Waals surface area contributed by atoms with Crippen molar-refractivity contribution in [3.05, 3.63) is 130 Å². The lowest BCUT2D eigenvalue weighted by Gasteiger charge is -2.29. The number of carbonyl (C=O) groups is 1. The van der Waals surface area contributed by atoms with Crippen molar-refractivity contribution in [2.45, 2.75) is 19.5 Å². The van der Waals surface area contributed by atoms with Gasteiger partial charge in [-0.25, -0.2) is 0 Å². The first-order valence-electron chi connectivity index (χ1n) is 11.8. The fourth-order valence-corrected chi connectivity index (χ4v) is 4.79. The van der Waals surface area contributed by atoms with Gasteiger partial charge >= 0.3 is 0 Å². The van der Waals surface area contributed by atoms with Crippen molar-refractivity contribution >= 4 is 5.91 Å². The summed E-state index contributed by atoms with van der Waals surface area (Å²) < 4.78 is 3.31. The number of amides is 1. The van der Waals surface area contributed by atoms with Gasteiger partial charge in [0.25, 0.3) is 11.5 Å². The lowest BCUT2D eigenvalue weighted by molar-refractivity contribution is 0.0734. The molecule has 0 radical (unpaired) electrons. The van der Waals surface area contributed by atoms with E-state index in [9.17, 15) is 9.59 Å². The van der Waals surface area contributed by atoms with Crippen molar-refractivity contribution in [2.75, 3.05) is 6.54 Å². The monoisotopic (exact) mass is 460 g/mol. The maximum absolute atomic E-state index is 13.8. The number of fused-ring (bicyclic) bond motifs is 2. The highest BCUT2D eigenvalue weighted by Gasteiger charge is 2.29. The van der Waals surface area contributed by atoms with Gasteiger partial charge in [0.05, 0.1) is 16.8 Å². The molecule has 35 heavy (non-hydrogen) atoms. The molecule has 3 aromatic rings. The van der Waals surface area contributed by atoms with E-state index in [0.717, 1.165) is 17.5 Å². The zero-order valence-corrected chi connectivity index (χ0v) is 19.2. The Balaban J connectivity index is 1.46. The number of aromatic nitrogens is 3. The van der Waals surface area contributed by atoms with Crippen LogP contribution in [0.25, 0.3) is 16.9 Å². The first-order valence-corrected chi connectivity index (χ1v) is 11.8. The molecule has 0 unspecified atom stereocenters. The molecule has 1 amide bonds. The Kier molecular flexibility index (Phi) is 5.26. The van der Waals surface area contributed by atoms with E-state index < -0.39 is 0 Å². The van der Waals surface area contributed by atoms with E-state index in [-0.39, 0.29) is 11.5 Å². The average molecular weight is 461 g/mol. The van der Waals surface area contributed by atoms with E-state index in [1.54, 1.807) is 6.20 Å². The Hall–Kier alpha value is -4.45. The number of benzene rings is 3. The third-order valence-electron chi connectivity index (χ3n) is 6.58. The molecule has 3 heterocycles. The molecule has 0 saturated carbocycles. The molecule has 3 aromatic carbocycles. The van der Waals surface area contributed by atoms with Crippen molar-refractivity contribution in [1.82, 2.24) is 19.2 Å². The summed E-state index contributed by atoms with van der Waals surface area (Å²) in [6, 6.07) is 27.6. The number of nitrogens with zero attached hydrogens (tertiary/aromatic N) is 4. The minimum Gasteiger partial charge on any atom is -0.348 e. The highest BCUT2D eigenvalue weighted by molar-refractivity contribution is 6.00. The SMILES string of the molecule is O=C(c1cn(Cc2ccccc2)cc2c(=O)n(-c3ccccc3)nc1-2)N1CCc2ccccc2C1. The molecule has 3 aliphatic rings. The number of rotatable bonds is 4. The largest absolute Gasteiger partial charge is 0.348 e. The summed E-state index contributed by atoms with van der Waals surface area (Å²) in [4.78, 5) is 29.1. The molecule has 3 aliphatic heterocycles. The van der Waals surface area contributed by atoms with Crippen LogP contribution in [-0.2, 0) is 19.5 Å². The van der Waals surface area contributed by atoms with Crippen LogP contribution >= 0.6 is 0 Å². The molecular formula is C29H24N4O2. The maximum atomic E-state index is 13.8. The normalized spacial score (nSPS) is 13.1. The van der Waals surface area contributed by atoms with Gasteiger partial charge in [0, 0.05) is 32.0 Å². The molecule has 0 aliphatic carbocycles. The van der Waals surface area contributed by atoms with E-state index in [4.69, 9.17) is 0 Å². The van der Waals surface area contributed by atoms with Crippen LogP contribution in [-0.4, -0.2) is 31.7 Å². The number of hydrogen-bond donors (Lipinski definition) is 0. The van der Waals surface area contributed by atoms with Crippen LogP contribution in [0.3, 0.4) is 0 Å². The van der Waals surface area contributed by atoms with Crippen LogP contribution in [0, 0.1) is 0 Å². The number of pyridine rings is 1. The van der Waals surface area contributed by atoms with Crippen LogP contribution in [0.2, 0.25) is 0 Å². The highest BCUT2D eigenvalue weighted by atomic mass is 16.2. The quantitative estimate of drug-likeness (QED) is 0.400. The molecule has 0 aromatic heterocycles. The molecule has 6 nitrogen and oxygen atoms in total. The Labute approximate surface area is 203 Å².